The van der Waals surface area contributed by atoms with Crippen LogP contribution in [0.5, 0.6) is 0 Å². The van der Waals surface area contributed by atoms with Gasteiger partial charge in [-0.2, -0.15) is 0 Å². The molecule has 0 aliphatic heterocycles. The van der Waals surface area contributed by atoms with E-state index in [-0.39, 0.29) is 5.82 Å². The largest absolute Gasteiger partial charge is 0.378 e. The SMILES string of the molecule is CN(C)c1cc(F)cc(-c2cc(Cl)cc(Cl)c2)c1. The molecule has 18 heavy (non-hydrogen) atoms. The van der Waals surface area contributed by atoms with E-state index in [9.17, 15) is 4.39 Å². The molecule has 4 heteroatoms. The third-order valence-corrected chi connectivity index (χ3v) is 3.03. The highest BCUT2D eigenvalue weighted by Crippen LogP contribution is 2.30. The third-order valence-electron chi connectivity index (χ3n) is 2.59. The van der Waals surface area contributed by atoms with Crippen LogP contribution in [-0.2, 0) is 0 Å². The lowest BCUT2D eigenvalue weighted by molar-refractivity contribution is 0.628. The molecule has 2 aromatic rings. The molecule has 0 unspecified atom stereocenters. The van der Waals surface area contributed by atoms with Crippen molar-refractivity contribution in [3.05, 3.63) is 52.3 Å². The van der Waals surface area contributed by atoms with Crippen molar-refractivity contribution < 1.29 is 4.39 Å². The Morgan fingerprint density at radius 1 is 0.833 bits per heavy atom. The highest BCUT2D eigenvalue weighted by molar-refractivity contribution is 6.35. The number of rotatable bonds is 2. The van der Waals surface area contributed by atoms with E-state index in [1.807, 2.05) is 25.1 Å². The van der Waals surface area contributed by atoms with Crippen molar-refractivity contribution in [3.8, 4) is 11.1 Å². The van der Waals surface area contributed by atoms with Gasteiger partial charge in [0, 0.05) is 29.8 Å². The lowest BCUT2D eigenvalue weighted by atomic mass is 10.0. The predicted octanol–water partition coefficient (Wildman–Crippen LogP) is 4.87. The Balaban J connectivity index is 2.56. The summed E-state index contributed by atoms with van der Waals surface area (Å²) in [5.41, 5.74) is 2.35. The molecule has 0 N–H and O–H groups in total. The van der Waals surface area contributed by atoms with Gasteiger partial charge >= 0.3 is 0 Å². The molecule has 0 fully saturated rings. The van der Waals surface area contributed by atoms with Gasteiger partial charge in [0.05, 0.1) is 0 Å². The fraction of sp³-hybridized carbons (Fsp3) is 0.143. The monoisotopic (exact) mass is 283 g/mol. The molecule has 0 spiro atoms. The minimum Gasteiger partial charge on any atom is -0.378 e. The molecule has 0 saturated heterocycles. The summed E-state index contributed by atoms with van der Waals surface area (Å²) in [6, 6.07) is 10.0. The van der Waals surface area contributed by atoms with E-state index in [0.717, 1.165) is 16.8 Å². The second kappa shape index (κ2) is 5.17. The average molecular weight is 284 g/mol. The van der Waals surface area contributed by atoms with Crippen LogP contribution in [0.3, 0.4) is 0 Å². The van der Waals surface area contributed by atoms with Crippen LogP contribution >= 0.6 is 23.2 Å². The Bertz CT molecular complexity index is 562. The minimum absolute atomic E-state index is 0.285. The third kappa shape index (κ3) is 2.95. The van der Waals surface area contributed by atoms with E-state index in [4.69, 9.17) is 23.2 Å². The maximum atomic E-state index is 13.6. The molecule has 0 atom stereocenters. The number of hydrogen-bond acceptors (Lipinski definition) is 1. The van der Waals surface area contributed by atoms with E-state index in [0.29, 0.717) is 10.0 Å². The Kier molecular flexibility index (Phi) is 3.79. The van der Waals surface area contributed by atoms with Crippen molar-refractivity contribution in [1.29, 1.82) is 0 Å². The van der Waals surface area contributed by atoms with Gasteiger partial charge in [-0.3, -0.25) is 0 Å². The number of halogens is 3. The van der Waals surface area contributed by atoms with Crippen molar-refractivity contribution in [3.63, 3.8) is 0 Å². The average Bonchev–Trinajstić information content (AvgIpc) is 2.26. The van der Waals surface area contributed by atoms with Gasteiger partial charge in [0.1, 0.15) is 5.82 Å². The van der Waals surface area contributed by atoms with E-state index in [1.165, 1.54) is 12.1 Å². The smallest absolute Gasteiger partial charge is 0.125 e. The molecule has 0 heterocycles. The predicted molar refractivity (Wildman–Crippen MR) is 76.2 cm³/mol. The van der Waals surface area contributed by atoms with Gasteiger partial charge < -0.3 is 4.90 Å². The van der Waals surface area contributed by atoms with Gasteiger partial charge in [0.2, 0.25) is 0 Å². The lowest BCUT2D eigenvalue weighted by Gasteiger charge is -2.14. The number of nitrogens with zero attached hydrogens (tertiary/aromatic N) is 1. The van der Waals surface area contributed by atoms with Crippen LogP contribution < -0.4 is 4.90 Å². The Morgan fingerprint density at radius 2 is 1.39 bits per heavy atom. The van der Waals surface area contributed by atoms with Gasteiger partial charge in [0.25, 0.3) is 0 Å². The number of benzene rings is 2. The van der Waals surface area contributed by atoms with Crippen molar-refractivity contribution in [1.82, 2.24) is 0 Å². The van der Waals surface area contributed by atoms with Gasteiger partial charge in [-0.25, -0.2) is 4.39 Å². The number of anilines is 1. The van der Waals surface area contributed by atoms with Crippen molar-refractivity contribution in [2.45, 2.75) is 0 Å². The second-order valence-electron chi connectivity index (χ2n) is 4.25. The molecular formula is C14H12Cl2FN. The first-order valence-electron chi connectivity index (χ1n) is 5.40. The zero-order valence-electron chi connectivity index (χ0n) is 10.0. The highest BCUT2D eigenvalue weighted by Gasteiger charge is 2.06. The summed E-state index contributed by atoms with van der Waals surface area (Å²) in [6.07, 6.45) is 0. The van der Waals surface area contributed by atoms with Gasteiger partial charge in [-0.05, 0) is 47.5 Å². The molecule has 0 aliphatic rings. The molecule has 94 valence electrons. The Hall–Kier alpha value is -1.25. The Morgan fingerprint density at radius 3 is 1.94 bits per heavy atom. The summed E-state index contributed by atoms with van der Waals surface area (Å²) in [5, 5.41) is 1.07. The molecule has 0 amide bonds. The highest BCUT2D eigenvalue weighted by atomic mass is 35.5. The van der Waals surface area contributed by atoms with Crippen molar-refractivity contribution in [2.75, 3.05) is 19.0 Å². The zero-order valence-corrected chi connectivity index (χ0v) is 11.6. The van der Waals surface area contributed by atoms with Crippen LogP contribution in [-0.4, -0.2) is 14.1 Å². The maximum absolute atomic E-state index is 13.6. The topological polar surface area (TPSA) is 3.24 Å². The molecule has 2 rings (SSSR count). The van der Waals surface area contributed by atoms with E-state index in [2.05, 4.69) is 0 Å². The van der Waals surface area contributed by atoms with Gasteiger partial charge in [-0.1, -0.05) is 23.2 Å². The summed E-state index contributed by atoms with van der Waals surface area (Å²) in [4.78, 5) is 1.85. The quantitative estimate of drug-likeness (QED) is 0.760. The lowest BCUT2D eigenvalue weighted by Crippen LogP contribution is -2.08. The first-order valence-corrected chi connectivity index (χ1v) is 6.16. The molecule has 0 bridgehead atoms. The second-order valence-corrected chi connectivity index (χ2v) is 5.12. The van der Waals surface area contributed by atoms with Gasteiger partial charge in [-0.15, -0.1) is 0 Å². The minimum atomic E-state index is -0.285. The summed E-state index contributed by atoms with van der Waals surface area (Å²) >= 11 is 11.9. The first kappa shape index (κ1) is 13.2. The van der Waals surface area contributed by atoms with Crippen LogP contribution in [0.25, 0.3) is 11.1 Å². The van der Waals surface area contributed by atoms with Crippen LogP contribution in [0.2, 0.25) is 10.0 Å². The number of hydrogen-bond donors (Lipinski definition) is 0. The molecular weight excluding hydrogens is 272 g/mol. The molecule has 0 saturated carbocycles. The fourth-order valence-corrected chi connectivity index (χ4v) is 2.25. The van der Waals surface area contributed by atoms with Crippen LogP contribution in [0.4, 0.5) is 10.1 Å². The zero-order chi connectivity index (χ0) is 13.3. The summed E-state index contributed by atoms with van der Waals surface area (Å²) in [7, 11) is 3.73. The molecule has 2 aromatic carbocycles. The normalized spacial score (nSPS) is 10.5. The fourth-order valence-electron chi connectivity index (χ4n) is 1.72. The van der Waals surface area contributed by atoms with E-state index in [1.54, 1.807) is 18.2 Å². The first-order chi connectivity index (χ1) is 8.45. The maximum Gasteiger partial charge on any atom is 0.125 e. The van der Waals surface area contributed by atoms with Crippen LogP contribution in [0, 0.1) is 5.82 Å². The van der Waals surface area contributed by atoms with Gasteiger partial charge in [0.15, 0.2) is 0 Å². The Labute approximate surface area is 116 Å². The van der Waals surface area contributed by atoms with Crippen LogP contribution in [0.1, 0.15) is 0 Å². The molecule has 1 nitrogen and oxygen atoms in total. The molecule has 0 aromatic heterocycles. The van der Waals surface area contributed by atoms with E-state index >= 15 is 0 Å². The van der Waals surface area contributed by atoms with Crippen LogP contribution in [0.15, 0.2) is 36.4 Å². The standard InChI is InChI=1S/C14H12Cl2FN/c1-18(2)14-6-10(5-13(17)8-14)9-3-11(15)7-12(16)4-9/h3-8H,1-2H3. The van der Waals surface area contributed by atoms with E-state index < -0.39 is 0 Å². The molecule has 0 aliphatic carbocycles. The van der Waals surface area contributed by atoms with Crippen molar-refractivity contribution in [2.24, 2.45) is 0 Å². The molecule has 0 radical (unpaired) electrons. The summed E-state index contributed by atoms with van der Waals surface area (Å²) < 4.78 is 13.6. The van der Waals surface area contributed by atoms with Crippen molar-refractivity contribution >= 4 is 28.9 Å². The summed E-state index contributed by atoms with van der Waals surface area (Å²) in [6.45, 7) is 0. The summed E-state index contributed by atoms with van der Waals surface area (Å²) in [5.74, 6) is -0.285.